The average Bonchev–Trinajstić information content (AvgIpc) is 3.75. The highest BCUT2D eigenvalue weighted by Gasteiger charge is 2.25. The Hall–Kier alpha value is -8.72. The maximum absolute atomic E-state index is 2.56. The van der Waals surface area contributed by atoms with Crippen molar-refractivity contribution in [1.82, 2.24) is 4.57 Å². The lowest BCUT2D eigenvalue weighted by atomic mass is 9.92. The molecule has 0 atom stereocenters. The van der Waals surface area contributed by atoms with Gasteiger partial charge < -0.3 is 9.47 Å². The van der Waals surface area contributed by atoms with E-state index in [1.807, 2.05) is 0 Å². The monoisotopic (exact) mass is 866 g/mol. The predicted octanol–water partition coefficient (Wildman–Crippen LogP) is 18.2. The van der Waals surface area contributed by atoms with Gasteiger partial charge in [0.05, 0.1) is 22.6 Å². The van der Waals surface area contributed by atoms with Gasteiger partial charge in [0.1, 0.15) is 0 Å². The molecule has 0 bridgehead atoms. The Morgan fingerprint density at radius 1 is 0.353 bits per heavy atom. The Labute approximate surface area is 397 Å². The molecule has 68 heavy (non-hydrogen) atoms. The van der Waals surface area contributed by atoms with Gasteiger partial charge in [-0.25, -0.2) is 0 Å². The van der Waals surface area contributed by atoms with Gasteiger partial charge in [0.2, 0.25) is 0 Å². The molecule has 0 saturated carbocycles. The van der Waals surface area contributed by atoms with Gasteiger partial charge in [-0.05, 0) is 104 Å². The molecule has 1 aromatic heterocycles. The van der Waals surface area contributed by atoms with Crippen LogP contribution in [0.5, 0.6) is 0 Å². The molecule has 320 valence electrons. The molecule has 0 amide bonds. The summed E-state index contributed by atoms with van der Waals surface area (Å²) in [6.07, 6.45) is 6.67. The van der Waals surface area contributed by atoms with Crippen molar-refractivity contribution in [2.45, 2.75) is 12.8 Å². The van der Waals surface area contributed by atoms with Crippen LogP contribution in [-0.4, -0.2) is 4.57 Å². The van der Waals surface area contributed by atoms with Crippen molar-refractivity contribution in [1.29, 1.82) is 0 Å². The molecule has 12 aromatic rings. The molecule has 11 aromatic carbocycles. The van der Waals surface area contributed by atoms with E-state index in [0.29, 0.717) is 0 Å². The van der Waals surface area contributed by atoms with E-state index < -0.39 is 0 Å². The third-order valence-electron chi connectivity index (χ3n) is 14.1. The Balaban J connectivity index is 1.03. The minimum absolute atomic E-state index is 0.987. The molecule has 1 aliphatic carbocycles. The highest BCUT2D eigenvalue weighted by Crippen LogP contribution is 2.48. The first-order valence-electron chi connectivity index (χ1n) is 23.7. The van der Waals surface area contributed by atoms with Crippen molar-refractivity contribution in [2.75, 3.05) is 4.90 Å². The molecular weight excluding hydrogens is 821 g/mol. The molecular formula is C66H46N2. The van der Waals surface area contributed by atoms with Crippen LogP contribution in [0, 0.1) is 0 Å². The number of fused-ring (bicyclic) bond motifs is 6. The van der Waals surface area contributed by atoms with E-state index in [9.17, 15) is 0 Å². The Kier molecular flexibility index (Phi) is 9.68. The fourth-order valence-electron chi connectivity index (χ4n) is 10.9. The van der Waals surface area contributed by atoms with Crippen molar-refractivity contribution in [3.8, 4) is 50.2 Å². The van der Waals surface area contributed by atoms with Gasteiger partial charge in [0, 0.05) is 44.4 Å². The van der Waals surface area contributed by atoms with Crippen molar-refractivity contribution in [3.63, 3.8) is 0 Å². The third kappa shape index (κ3) is 6.64. The Bertz CT molecular complexity index is 3900. The van der Waals surface area contributed by atoms with E-state index in [2.05, 4.69) is 264 Å². The van der Waals surface area contributed by atoms with Gasteiger partial charge in [-0.2, -0.15) is 0 Å². The fourth-order valence-corrected chi connectivity index (χ4v) is 10.9. The maximum atomic E-state index is 2.56. The summed E-state index contributed by atoms with van der Waals surface area (Å²) in [7, 11) is 0. The van der Waals surface area contributed by atoms with Crippen molar-refractivity contribution >= 4 is 66.4 Å². The lowest BCUT2D eigenvalue weighted by Gasteiger charge is -2.30. The molecule has 1 aliphatic rings. The van der Waals surface area contributed by atoms with Crippen LogP contribution >= 0.6 is 0 Å². The zero-order valence-corrected chi connectivity index (χ0v) is 37.6. The normalized spacial score (nSPS) is 12.2. The summed E-state index contributed by atoms with van der Waals surface area (Å²) in [5, 5.41) is 8.64. The van der Waals surface area contributed by atoms with Crippen molar-refractivity contribution < 1.29 is 0 Å². The van der Waals surface area contributed by atoms with Crippen molar-refractivity contribution in [2.24, 2.45) is 0 Å². The summed E-state index contributed by atoms with van der Waals surface area (Å²) in [6.45, 7) is 0. The zero-order chi connectivity index (χ0) is 45.0. The second kappa shape index (κ2) is 16.6. The second-order valence-corrected chi connectivity index (χ2v) is 17.9. The van der Waals surface area contributed by atoms with E-state index in [-0.39, 0.29) is 0 Å². The Morgan fingerprint density at radius 2 is 0.941 bits per heavy atom. The molecule has 0 fully saturated rings. The number of rotatable bonds is 8. The van der Waals surface area contributed by atoms with E-state index in [4.69, 9.17) is 0 Å². The van der Waals surface area contributed by atoms with Crippen LogP contribution in [0.1, 0.15) is 17.7 Å². The molecule has 2 heteroatoms. The van der Waals surface area contributed by atoms with E-state index >= 15 is 0 Å². The van der Waals surface area contributed by atoms with Gasteiger partial charge in [0.25, 0.3) is 0 Å². The van der Waals surface area contributed by atoms with Crippen LogP contribution in [0.2, 0.25) is 0 Å². The van der Waals surface area contributed by atoms with E-state index in [0.717, 1.165) is 29.9 Å². The lowest BCUT2D eigenvalue weighted by Crippen LogP contribution is -2.12. The van der Waals surface area contributed by atoms with Gasteiger partial charge in [-0.3, -0.25) is 0 Å². The van der Waals surface area contributed by atoms with Crippen LogP contribution < -0.4 is 4.90 Å². The van der Waals surface area contributed by atoms with Crippen molar-refractivity contribution in [3.05, 3.63) is 260 Å². The number of benzene rings is 11. The number of para-hydroxylation sites is 3. The highest BCUT2D eigenvalue weighted by atomic mass is 15.1. The number of nitrogens with zero attached hydrogens (tertiary/aromatic N) is 2. The molecule has 0 saturated heterocycles. The van der Waals surface area contributed by atoms with Gasteiger partial charge in [-0.1, -0.05) is 218 Å². The van der Waals surface area contributed by atoms with Gasteiger partial charge in [-0.15, -0.1) is 0 Å². The summed E-state index contributed by atoms with van der Waals surface area (Å²) >= 11 is 0. The summed E-state index contributed by atoms with van der Waals surface area (Å²) in [5.41, 5.74) is 18.1. The number of aromatic nitrogens is 1. The van der Waals surface area contributed by atoms with Crippen LogP contribution in [0.4, 0.5) is 17.1 Å². The molecule has 0 aliphatic heterocycles. The summed E-state index contributed by atoms with van der Waals surface area (Å²) < 4.78 is 2.56. The predicted molar refractivity (Wildman–Crippen MR) is 290 cm³/mol. The molecule has 1 heterocycles. The molecule has 0 unspecified atom stereocenters. The number of hydrogen-bond donors (Lipinski definition) is 0. The quantitative estimate of drug-likeness (QED) is 0.148. The van der Waals surface area contributed by atoms with Crippen LogP contribution in [-0.2, 0) is 6.42 Å². The maximum Gasteiger partial charge on any atom is 0.0615 e. The van der Waals surface area contributed by atoms with Gasteiger partial charge >= 0.3 is 0 Å². The number of allylic oxidation sites excluding steroid dienone is 1. The van der Waals surface area contributed by atoms with E-state index in [1.54, 1.807) is 0 Å². The smallest absolute Gasteiger partial charge is 0.0615 e. The summed E-state index contributed by atoms with van der Waals surface area (Å²) in [6, 6.07) is 89.3. The minimum Gasteiger partial charge on any atom is -0.312 e. The van der Waals surface area contributed by atoms with Crippen LogP contribution in [0.25, 0.3) is 99.5 Å². The summed E-state index contributed by atoms with van der Waals surface area (Å²) in [4.78, 5) is 2.48. The SMILES string of the molecule is C1=Cc2c(n(-c3c(-c4ccccc4)cccc3-c3ccc(N(c4ccccc4-c4ccc5ccccc5c4)c4ccc(-c5cccc6ccccc56)c5ccccc45)cc3)c3ccccc23)CC1. The topological polar surface area (TPSA) is 8.17 Å². The van der Waals surface area contributed by atoms with Crippen LogP contribution in [0.3, 0.4) is 0 Å². The standard InChI is InChI=1S/C66H46N2/c1-2-19-47(20-3-1)54-30-17-31-55(66(54)68-63-34-14-11-28-60(63)61-29-12-15-35-64(61)68)48-38-40-51(41-39-48)67(62-33-13-10-25-53(62)50-37-36-45-18-4-5-22-49(45)44-50)65-43-42-58(57-26-8-9-27-59(57)65)56-32-16-23-46-21-6-7-24-52(46)56/h1-14,16-34,36-44H,15,35H2. The molecule has 13 rings (SSSR count). The highest BCUT2D eigenvalue weighted by molar-refractivity contribution is 6.11. The first-order valence-corrected chi connectivity index (χ1v) is 23.7. The lowest BCUT2D eigenvalue weighted by molar-refractivity contribution is 0.890. The molecule has 0 N–H and O–H groups in total. The van der Waals surface area contributed by atoms with Gasteiger partial charge in [0.15, 0.2) is 0 Å². The average molecular weight is 867 g/mol. The first-order chi connectivity index (χ1) is 33.8. The van der Waals surface area contributed by atoms with Crippen LogP contribution in [0.15, 0.2) is 249 Å². The Morgan fingerprint density at radius 3 is 1.78 bits per heavy atom. The zero-order valence-electron chi connectivity index (χ0n) is 37.6. The molecule has 0 radical (unpaired) electrons. The molecule has 0 spiro atoms. The summed E-state index contributed by atoms with van der Waals surface area (Å²) in [5.74, 6) is 0. The minimum atomic E-state index is 0.987. The fraction of sp³-hybridized carbons (Fsp3) is 0.0303. The number of hydrogen-bond acceptors (Lipinski definition) is 1. The van der Waals surface area contributed by atoms with E-state index in [1.165, 1.54) is 105 Å². The number of anilines is 3. The first kappa shape index (κ1) is 39.6. The second-order valence-electron chi connectivity index (χ2n) is 17.9. The largest absolute Gasteiger partial charge is 0.312 e. The third-order valence-corrected chi connectivity index (χ3v) is 14.1. The molecule has 2 nitrogen and oxygen atoms in total.